The molecule has 28 heavy (non-hydrogen) atoms. The topological polar surface area (TPSA) is 89.1 Å². The fourth-order valence-electron chi connectivity index (χ4n) is 3.04. The quantitative estimate of drug-likeness (QED) is 0.576. The van der Waals surface area contributed by atoms with E-state index in [4.69, 9.17) is 18.2 Å². The fourth-order valence-corrected chi connectivity index (χ4v) is 3.25. The molecule has 3 unspecified atom stereocenters. The van der Waals surface area contributed by atoms with Gasteiger partial charge >= 0.3 is 6.03 Å². The number of benzene rings is 2. The van der Waals surface area contributed by atoms with E-state index in [9.17, 15) is 4.79 Å². The smallest absolute Gasteiger partial charge is 0.321 e. The maximum atomic E-state index is 12.3. The lowest BCUT2D eigenvalue weighted by molar-refractivity contribution is -0.133. The van der Waals surface area contributed by atoms with Crippen LogP contribution in [0.4, 0.5) is 10.5 Å². The molecular formula is C20H24N2O5S. The molecule has 3 N–H and O–H groups in total. The molecule has 150 valence electrons. The van der Waals surface area contributed by atoms with Gasteiger partial charge in [-0.15, -0.1) is 0 Å². The van der Waals surface area contributed by atoms with Crippen LogP contribution in [-0.4, -0.2) is 35.6 Å². The summed E-state index contributed by atoms with van der Waals surface area (Å²) in [5.41, 5.74) is 1.78. The number of hydrogen-bond acceptors (Lipinski definition) is 6. The van der Waals surface area contributed by atoms with Crippen LogP contribution in [0.1, 0.15) is 18.4 Å². The summed E-state index contributed by atoms with van der Waals surface area (Å²) in [6, 6.07) is 18.7. The number of nitrogens with one attached hydrogen (secondary N) is 2. The molecule has 0 radical (unpaired) electrons. The predicted molar refractivity (Wildman–Crippen MR) is 108 cm³/mol. The predicted octanol–water partition coefficient (Wildman–Crippen LogP) is 4.04. The second-order valence-corrected chi connectivity index (χ2v) is 6.85. The van der Waals surface area contributed by atoms with Gasteiger partial charge in [-0.05, 0) is 17.7 Å². The van der Waals surface area contributed by atoms with E-state index in [2.05, 4.69) is 10.6 Å². The van der Waals surface area contributed by atoms with Crippen molar-refractivity contribution in [3.8, 4) is 0 Å². The molecule has 1 aliphatic heterocycles. The van der Waals surface area contributed by atoms with Crippen molar-refractivity contribution in [1.82, 2.24) is 5.32 Å². The monoisotopic (exact) mass is 404 g/mol. The Morgan fingerprint density at radius 1 is 1.11 bits per heavy atom. The maximum Gasteiger partial charge on any atom is 0.321 e. The SMILES string of the molecule is O=C(Nc1ccccc1)NC1CC(OCc2ccccc2)CC(COSO)O1. The molecule has 0 bridgehead atoms. The minimum Gasteiger partial charge on any atom is -0.373 e. The van der Waals surface area contributed by atoms with Crippen LogP contribution in [0, 0.1) is 0 Å². The summed E-state index contributed by atoms with van der Waals surface area (Å²) < 4.78 is 25.7. The van der Waals surface area contributed by atoms with Gasteiger partial charge in [-0.1, -0.05) is 48.5 Å². The molecule has 0 aromatic heterocycles. The van der Waals surface area contributed by atoms with Gasteiger partial charge in [-0.3, -0.25) is 4.18 Å². The zero-order chi connectivity index (χ0) is 19.6. The third-order valence-electron chi connectivity index (χ3n) is 4.32. The lowest BCUT2D eigenvalue weighted by Gasteiger charge is -2.35. The van der Waals surface area contributed by atoms with Gasteiger partial charge in [0, 0.05) is 18.5 Å². The Labute approximate surface area is 168 Å². The molecule has 0 saturated carbocycles. The highest BCUT2D eigenvalue weighted by Crippen LogP contribution is 2.23. The van der Waals surface area contributed by atoms with Crippen LogP contribution >= 0.6 is 12.3 Å². The fraction of sp³-hybridized carbons (Fsp3) is 0.350. The van der Waals surface area contributed by atoms with Crippen molar-refractivity contribution in [3.63, 3.8) is 0 Å². The zero-order valence-electron chi connectivity index (χ0n) is 15.3. The zero-order valence-corrected chi connectivity index (χ0v) is 16.1. The van der Waals surface area contributed by atoms with E-state index in [1.807, 2.05) is 60.7 Å². The minimum atomic E-state index is -0.518. The number of carbonyl (C=O) groups excluding carboxylic acids is 1. The van der Waals surface area contributed by atoms with Crippen molar-refractivity contribution in [3.05, 3.63) is 66.2 Å². The van der Waals surface area contributed by atoms with Crippen molar-refractivity contribution in [2.24, 2.45) is 0 Å². The first-order chi connectivity index (χ1) is 13.7. The summed E-state index contributed by atoms with van der Waals surface area (Å²) >= 11 is 0.303. The normalized spacial score (nSPS) is 21.8. The number of carbonyl (C=O) groups is 1. The molecular weight excluding hydrogens is 380 g/mol. The van der Waals surface area contributed by atoms with Crippen LogP contribution in [0.3, 0.4) is 0 Å². The molecule has 2 aromatic rings. The standard InChI is InChI=1S/C20H24N2O5S/c23-20(21-16-9-5-2-6-10-16)22-19-12-17(11-18(27-19)14-26-28-24)25-13-15-7-3-1-4-8-15/h1-10,17-19,24H,11-14H2,(H2,21,22,23). The Morgan fingerprint density at radius 2 is 1.82 bits per heavy atom. The molecule has 1 saturated heterocycles. The largest absolute Gasteiger partial charge is 0.373 e. The number of rotatable bonds is 8. The van der Waals surface area contributed by atoms with E-state index in [1.165, 1.54) is 0 Å². The number of anilines is 1. The number of ether oxygens (including phenoxy) is 2. The average Bonchev–Trinajstić information content (AvgIpc) is 2.72. The summed E-state index contributed by atoms with van der Waals surface area (Å²) in [6.07, 6.45) is 0.226. The van der Waals surface area contributed by atoms with Crippen LogP contribution in [0.25, 0.3) is 0 Å². The molecule has 1 fully saturated rings. The highest BCUT2D eigenvalue weighted by Gasteiger charge is 2.31. The first-order valence-corrected chi connectivity index (χ1v) is 9.79. The number of hydrogen-bond donors (Lipinski definition) is 3. The van der Waals surface area contributed by atoms with Gasteiger partial charge in [-0.25, -0.2) is 4.79 Å². The van der Waals surface area contributed by atoms with Crippen LogP contribution in [0.2, 0.25) is 0 Å². The third kappa shape index (κ3) is 6.81. The van der Waals surface area contributed by atoms with Gasteiger partial charge in [0.1, 0.15) is 6.23 Å². The van der Waals surface area contributed by atoms with Crippen LogP contribution in [-0.2, 0) is 20.3 Å². The Morgan fingerprint density at radius 3 is 2.54 bits per heavy atom. The minimum absolute atomic E-state index is 0.103. The molecule has 8 heteroatoms. The van der Waals surface area contributed by atoms with Crippen LogP contribution in [0.5, 0.6) is 0 Å². The first kappa shape index (κ1) is 20.6. The lowest BCUT2D eigenvalue weighted by atomic mass is 10.0. The molecule has 2 amide bonds. The number of para-hydroxylation sites is 1. The third-order valence-corrected chi connectivity index (χ3v) is 4.56. The number of urea groups is 1. The van der Waals surface area contributed by atoms with Gasteiger partial charge in [-0.2, -0.15) is 0 Å². The molecule has 0 spiro atoms. The van der Waals surface area contributed by atoms with Crippen molar-refractivity contribution in [2.45, 2.75) is 37.9 Å². The Bertz CT molecular complexity index is 719. The molecule has 3 atom stereocenters. The van der Waals surface area contributed by atoms with Crippen LogP contribution < -0.4 is 10.6 Å². The van der Waals surface area contributed by atoms with E-state index in [-0.39, 0.29) is 24.8 Å². The molecule has 1 heterocycles. The maximum absolute atomic E-state index is 12.3. The summed E-state index contributed by atoms with van der Waals surface area (Å²) in [5, 5.41) is 5.60. The van der Waals surface area contributed by atoms with Crippen molar-refractivity contribution in [1.29, 1.82) is 0 Å². The Balaban J connectivity index is 1.55. The van der Waals surface area contributed by atoms with Gasteiger partial charge in [0.05, 0.1) is 25.4 Å². The molecule has 0 aliphatic carbocycles. The second-order valence-electron chi connectivity index (χ2n) is 6.46. The van der Waals surface area contributed by atoms with E-state index in [1.54, 1.807) is 0 Å². The summed E-state index contributed by atoms with van der Waals surface area (Å²) in [5.74, 6) is 0. The van der Waals surface area contributed by atoms with Gasteiger partial charge in [0.25, 0.3) is 0 Å². The highest BCUT2D eigenvalue weighted by atomic mass is 32.2. The van der Waals surface area contributed by atoms with E-state index >= 15 is 0 Å². The van der Waals surface area contributed by atoms with Gasteiger partial charge in [0.2, 0.25) is 0 Å². The average molecular weight is 404 g/mol. The highest BCUT2D eigenvalue weighted by molar-refractivity contribution is 7.88. The number of amides is 2. The van der Waals surface area contributed by atoms with E-state index < -0.39 is 6.23 Å². The molecule has 3 rings (SSSR count). The lowest BCUT2D eigenvalue weighted by Crippen LogP contribution is -2.48. The summed E-state index contributed by atoms with van der Waals surface area (Å²) in [4.78, 5) is 12.3. The van der Waals surface area contributed by atoms with Crippen LogP contribution in [0.15, 0.2) is 60.7 Å². The van der Waals surface area contributed by atoms with Crippen molar-refractivity contribution < 1.29 is 23.0 Å². The second kappa shape index (κ2) is 11.0. The molecule has 1 aliphatic rings. The molecule has 2 aromatic carbocycles. The van der Waals surface area contributed by atoms with E-state index in [0.717, 1.165) is 5.56 Å². The van der Waals surface area contributed by atoms with Crippen molar-refractivity contribution >= 4 is 24.0 Å². The Hall–Kier alpha value is -2.10. The van der Waals surface area contributed by atoms with Gasteiger partial charge in [0.15, 0.2) is 12.3 Å². The van der Waals surface area contributed by atoms with Gasteiger partial charge < -0.3 is 24.7 Å². The van der Waals surface area contributed by atoms with Crippen molar-refractivity contribution in [2.75, 3.05) is 11.9 Å². The first-order valence-electron chi connectivity index (χ1n) is 9.09. The summed E-state index contributed by atoms with van der Waals surface area (Å²) in [6.45, 7) is 0.682. The summed E-state index contributed by atoms with van der Waals surface area (Å²) in [7, 11) is 0. The molecule has 7 nitrogen and oxygen atoms in total. The Kier molecular flexibility index (Phi) is 8.13. The van der Waals surface area contributed by atoms with E-state index in [0.29, 0.717) is 37.5 Å².